The molecule has 0 bridgehead atoms. The highest BCUT2D eigenvalue weighted by molar-refractivity contribution is 5.78. The first-order valence-corrected chi connectivity index (χ1v) is 7.96. The predicted molar refractivity (Wildman–Crippen MR) is 80.1 cm³/mol. The van der Waals surface area contributed by atoms with Crippen LogP contribution in [0.5, 0.6) is 5.75 Å². The van der Waals surface area contributed by atoms with E-state index in [1.807, 2.05) is 6.07 Å². The number of benzene rings is 1. The summed E-state index contributed by atoms with van der Waals surface area (Å²) in [4.78, 5) is 11.5. The van der Waals surface area contributed by atoms with Gasteiger partial charge in [0.1, 0.15) is 12.0 Å². The molecule has 2 aliphatic carbocycles. The van der Waals surface area contributed by atoms with Gasteiger partial charge in [-0.05, 0) is 60.3 Å². The average molecular weight is 272 g/mol. The van der Waals surface area contributed by atoms with Gasteiger partial charge < -0.3 is 5.11 Å². The largest absolute Gasteiger partial charge is 0.508 e. The second-order valence-corrected chi connectivity index (χ2v) is 6.77. The van der Waals surface area contributed by atoms with Gasteiger partial charge in [-0.2, -0.15) is 0 Å². The summed E-state index contributed by atoms with van der Waals surface area (Å²) in [5.74, 6) is 1.69. The van der Waals surface area contributed by atoms with Gasteiger partial charge in [-0.25, -0.2) is 0 Å². The van der Waals surface area contributed by atoms with Gasteiger partial charge in [0.05, 0.1) is 0 Å². The Morgan fingerprint density at radius 1 is 1.20 bits per heavy atom. The number of carbonyl (C=O) groups excluding carboxylic acids is 1. The van der Waals surface area contributed by atoms with Crippen LogP contribution in [0.1, 0.15) is 67.8 Å². The number of fused-ring (bicyclic) bond motifs is 1. The predicted octanol–water partition coefficient (Wildman–Crippen LogP) is 4.45. The second kappa shape index (κ2) is 5.23. The number of rotatable bonds is 2. The molecule has 1 N–H and O–H groups in total. The lowest BCUT2D eigenvalue weighted by atomic mass is 9.53. The zero-order valence-electron chi connectivity index (χ0n) is 12.3. The number of aromatic hydroxyl groups is 1. The van der Waals surface area contributed by atoms with Gasteiger partial charge in [0.15, 0.2) is 0 Å². The second-order valence-electron chi connectivity index (χ2n) is 6.77. The fraction of sp³-hybridized carbons (Fsp3) is 0.611. The first kappa shape index (κ1) is 13.7. The molecule has 0 radical (unpaired) electrons. The molecule has 1 aromatic rings. The molecule has 2 saturated carbocycles. The first-order chi connectivity index (χ1) is 9.67. The number of phenols is 1. The van der Waals surface area contributed by atoms with Crippen LogP contribution in [0.3, 0.4) is 0 Å². The van der Waals surface area contributed by atoms with Crippen molar-refractivity contribution in [2.24, 2.45) is 11.8 Å². The van der Waals surface area contributed by atoms with Gasteiger partial charge in [0.25, 0.3) is 0 Å². The average Bonchev–Trinajstić information content (AvgIpc) is 2.47. The zero-order valence-corrected chi connectivity index (χ0v) is 12.3. The molecule has 20 heavy (non-hydrogen) atoms. The summed E-state index contributed by atoms with van der Waals surface area (Å²) in [6, 6.07) is 5.28. The fourth-order valence-corrected chi connectivity index (χ4v) is 4.89. The highest BCUT2D eigenvalue weighted by atomic mass is 16.3. The SMILES string of the molecule is CC1CCCC2(c3cc(O)ccc3C=O)CCCCC12. The minimum Gasteiger partial charge on any atom is -0.508 e. The van der Waals surface area contributed by atoms with Gasteiger partial charge in [-0.1, -0.05) is 32.6 Å². The molecule has 108 valence electrons. The Bertz CT molecular complexity index is 504. The van der Waals surface area contributed by atoms with E-state index in [9.17, 15) is 9.90 Å². The van der Waals surface area contributed by atoms with Crippen molar-refractivity contribution in [1.29, 1.82) is 0 Å². The number of phenolic OH excluding ortho intramolecular Hbond substituents is 1. The van der Waals surface area contributed by atoms with E-state index < -0.39 is 0 Å². The Morgan fingerprint density at radius 3 is 2.80 bits per heavy atom. The lowest BCUT2D eigenvalue weighted by molar-refractivity contribution is 0.0740. The normalized spacial score (nSPS) is 33.5. The van der Waals surface area contributed by atoms with E-state index in [1.165, 1.54) is 44.9 Å². The first-order valence-electron chi connectivity index (χ1n) is 7.96. The third kappa shape index (κ3) is 2.06. The third-order valence-corrected chi connectivity index (χ3v) is 5.77. The van der Waals surface area contributed by atoms with E-state index >= 15 is 0 Å². The number of carbonyl (C=O) groups is 1. The topological polar surface area (TPSA) is 37.3 Å². The van der Waals surface area contributed by atoms with Crippen LogP contribution in [0, 0.1) is 11.8 Å². The monoisotopic (exact) mass is 272 g/mol. The van der Waals surface area contributed by atoms with Crippen LogP contribution in [0.2, 0.25) is 0 Å². The van der Waals surface area contributed by atoms with E-state index in [1.54, 1.807) is 12.1 Å². The van der Waals surface area contributed by atoms with Crippen molar-refractivity contribution in [3.63, 3.8) is 0 Å². The summed E-state index contributed by atoms with van der Waals surface area (Å²) >= 11 is 0. The summed E-state index contributed by atoms with van der Waals surface area (Å²) in [5, 5.41) is 9.90. The van der Waals surface area contributed by atoms with Crippen LogP contribution in [0.15, 0.2) is 18.2 Å². The highest BCUT2D eigenvalue weighted by Gasteiger charge is 2.47. The zero-order chi connectivity index (χ0) is 14.2. The molecule has 3 atom stereocenters. The Morgan fingerprint density at radius 2 is 2.00 bits per heavy atom. The molecule has 1 aromatic carbocycles. The van der Waals surface area contributed by atoms with Gasteiger partial charge in [0, 0.05) is 5.56 Å². The highest BCUT2D eigenvalue weighted by Crippen LogP contribution is 2.55. The van der Waals surface area contributed by atoms with Crippen LogP contribution in [0.25, 0.3) is 0 Å². The number of aldehydes is 1. The van der Waals surface area contributed by atoms with E-state index in [2.05, 4.69) is 6.92 Å². The van der Waals surface area contributed by atoms with E-state index in [0.717, 1.165) is 23.3 Å². The molecule has 0 spiro atoms. The van der Waals surface area contributed by atoms with Crippen LogP contribution >= 0.6 is 0 Å². The minimum absolute atomic E-state index is 0.130. The van der Waals surface area contributed by atoms with Crippen molar-refractivity contribution in [3.8, 4) is 5.75 Å². The summed E-state index contributed by atoms with van der Waals surface area (Å²) in [6.45, 7) is 2.37. The molecular formula is C18H24O2. The molecule has 2 fully saturated rings. The van der Waals surface area contributed by atoms with Crippen LogP contribution in [0.4, 0.5) is 0 Å². The maximum Gasteiger partial charge on any atom is 0.150 e. The molecule has 2 aliphatic rings. The molecule has 2 heteroatoms. The third-order valence-electron chi connectivity index (χ3n) is 5.77. The fourth-order valence-electron chi connectivity index (χ4n) is 4.89. The standard InChI is InChI=1S/C18H24O2/c1-13-5-4-10-18(9-3-2-6-16(13)18)17-11-15(20)8-7-14(17)12-19/h7-8,11-13,16,20H,2-6,9-10H2,1H3. The molecule has 2 nitrogen and oxygen atoms in total. The molecule has 3 unspecified atom stereocenters. The van der Waals surface area contributed by atoms with Gasteiger partial charge in [-0.15, -0.1) is 0 Å². The maximum absolute atomic E-state index is 11.5. The molecule has 0 aromatic heterocycles. The Labute approximate surface area is 121 Å². The smallest absolute Gasteiger partial charge is 0.150 e. The number of hydrogen-bond acceptors (Lipinski definition) is 2. The Hall–Kier alpha value is -1.31. The van der Waals surface area contributed by atoms with Crippen LogP contribution < -0.4 is 0 Å². The van der Waals surface area contributed by atoms with Crippen molar-refractivity contribution in [2.45, 2.75) is 57.3 Å². The van der Waals surface area contributed by atoms with Crippen molar-refractivity contribution < 1.29 is 9.90 Å². The van der Waals surface area contributed by atoms with Crippen molar-refractivity contribution in [2.75, 3.05) is 0 Å². The van der Waals surface area contributed by atoms with E-state index in [0.29, 0.717) is 11.7 Å². The van der Waals surface area contributed by atoms with Gasteiger partial charge in [0.2, 0.25) is 0 Å². The molecule has 0 aliphatic heterocycles. The van der Waals surface area contributed by atoms with Gasteiger partial charge >= 0.3 is 0 Å². The minimum atomic E-state index is 0.130. The van der Waals surface area contributed by atoms with Crippen molar-refractivity contribution in [1.82, 2.24) is 0 Å². The molecular weight excluding hydrogens is 248 g/mol. The summed E-state index contributed by atoms with van der Waals surface area (Å²) in [6.07, 6.45) is 9.69. The molecule has 0 saturated heterocycles. The maximum atomic E-state index is 11.5. The van der Waals surface area contributed by atoms with Crippen molar-refractivity contribution >= 4 is 6.29 Å². The Kier molecular flexibility index (Phi) is 3.57. The van der Waals surface area contributed by atoms with E-state index in [-0.39, 0.29) is 5.41 Å². The Balaban J connectivity index is 2.12. The number of hydrogen-bond donors (Lipinski definition) is 1. The quantitative estimate of drug-likeness (QED) is 0.807. The summed E-state index contributed by atoms with van der Waals surface area (Å²) in [7, 11) is 0. The lowest BCUT2D eigenvalue weighted by Gasteiger charge is -2.51. The van der Waals surface area contributed by atoms with Crippen LogP contribution in [-0.4, -0.2) is 11.4 Å². The lowest BCUT2D eigenvalue weighted by Crippen LogP contribution is -2.44. The van der Waals surface area contributed by atoms with Gasteiger partial charge in [-0.3, -0.25) is 4.79 Å². The van der Waals surface area contributed by atoms with Crippen LogP contribution in [-0.2, 0) is 5.41 Å². The molecule has 0 amide bonds. The molecule has 3 rings (SSSR count). The van der Waals surface area contributed by atoms with Crippen molar-refractivity contribution in [3.05, 3.63) is 29.3 Å². The summed E-state index contributed by atoms with van der Waals surface area (Å²) in [5.41, 5.74) is 2.03. The summed E-state index contributed by atoms with van der Waals surface area (Å²) < 4.78 is 0. The van der Waals surface area contributed by atoms with E-state index in [4.69, 9.17) is 0 Å². The molecule has 0 heterocycles.